The molecule has 0 spiro atoms. The quantitative estimate of drug-likeness (QED) is 0.916. The first kappa shape index (κ1) is 14.2. The fraction of sp³-hybridized carbons (Fsp3) is 0.286. The van der Waals surface area contributed by atoms with Crippen molar-refractivity contribution in [3.8, 4) is 11.3 Å². The minimum absolute atomic E-state index is 0.0238. The zero-order valence-electron chi connectivity index (χ0n) is 10.9. The summed E-state index contributed by atoms with van der Waals surface area (Å²) in [5.41, 5.74) is 2.27. The maximum Gasteiger partial charge on any atom is 0.356 e. The summed E-state index contributed by atoms with van der Waals surface area (Å²) in [7, 11) is 1.66. The molecule has 0 atom stereocenters. The molecule has 1 N–H and O–H groups in total. The van der Waals surface area contributed by atoms with E-state index < -0.39 is 12.4 Å². The van der Waals surface area contributed by atoms with Crippen LogP contribution in [-0.2, 0) is 13.5 Å². The number of aryl methyl sites for hydroxylation is 2. The SMILES string of the molecule is Cn1nc(C(=O)O)cc1-c1ccc(CCC(F)F)cc1. The van der Waals surface area contributed by atoms with Gasteiger partial charge in [-0.05, 0) is 23.6 Å². The van der Waals surface area contributed by atoms with Crippen molar-refractivity contribution in [3.05, 3.63) is 41.6 Å². The van der Waals surface area contributed by atoms with E-state index in [0.29, 0.717) is 12.1 Å². The highest BCUT2D eigenvalue weighted by Crippen LogP contribution is 2.21. The molecular formula is C14H14F2N2O2. The highest BCUT2D eigenvalue weighted by Gasteiger charge is 2.12. The predicted molar refractivity (Wildman–Crippen MR) is 69.9 cm³/mol. The van der Waals surface area contributed by atoms with Gasteiger partial charge in [0, 0.05) is 13.5 Å². The zero-order valence-corrected chi connectivity index (χ0v) is 10.9. The Morgan fingerprint density at radius 1 is 1.35 bits per heavy atom. The summed E-state index contributed by atoms with van der Waals surface area (Å²) in [6.45, 7) is 0. The Morgan fingerprint density at radius 2 is 2.00 bits per heavy atom. The second-order valence-electron chi connectivity index (χ2n) is 4.47. The average Bonchev–Trinajstić information content (AvgIpc) is 2.79. The fourth-order valence-electron chi connectivity index (χ4n) is 1.96. The van der Waals surface area contributed by atoms with E-state index in [0.717, 1.165) is 11.1 Å². The molecule has 6 heteroatoms. The van der Waals surface area contributed by atoms with Gasteiger partial charge in [0.15, 0.2) is 5.69 Å². The monoisotopic (exact) mass is 280 g/mol. The number of halogens is 2. The van der Waals surface area contributed by atoms with E-state index in [4.69, 9.17) is 5.11 Å². The Hall–Kier alpha value is -2.24. The van der Waals surface area contributed by atoms with Gasteiger partial charge in [0.05, 0.1) is 5.69 Å². The van der Waals surface area contributed by atoms with Crippen molar-refractivity contribution in [2.45, 2.75) is 19.3 Å². The van der Waals surface area contributed by atoms with Gasteiger partial charge in [-0.15, -0.1) is 0 Å². The van der Waals surface area contributed by atoms with Crippen molar-refractivity contribution in [1.29, 1.82) is 0 Å². The Bertz CT molecular complexity index is 606. The number of nitrogens with zero attached hydrogens (tertiary/aromatic N) is 2. The molecule has 0 bridgehead atoms. The summed E-state index contributed by atoms with van der Waals surface area (Å²) in [5, 5.41) is 12.8. The van der Waals surface area contributed by atoms with E-state index in [1.165, 1.54) is 10.7 Å². The number of benzene rings is 1. The average molecular weight is 280 g/mol. The molecule has 0 aliphatic carbocycles. The summed E-state index contributed by atoms with van der Waals surface area (Å²) in [6, 6.07) is 8.58. The van der Waals surface area contributed by atoms with Crippen LogP contribution in [0.1, 0.15) is 22.5 Å². The molecule has 1 heterocycles. The Labute approximate surface area is 114 Å². The first-order chi connectivity index (χ1) is 9.47. The van der Waals surface area contributed by atoms with Crippen LogP contribution in [0.4, 0.5) is 8.78 Å². The van der Waals surface area contributed by atoms with Crippen LogP contribution in [0.15, 0.2) is 30.3 Å². The van der Waals surface area contributed by atoms with Crippen molar-refractivity contribution >= 4 is 5.97 Å². The number of hydrogen-bond donors (Lipinski definition) is 1. The second kappa shape index (κ2) is 5.81. The van der Waals surface area contributed by atoms with Gasteiger partial charge in [0.25, 0.3) is 0 Å². The molecule has 106 valence electrons. The van der Waals surface area contributed by atoms with Crippen LogP contribution in [0.25, 0.3) is 11.3 Å². The second-order valence-corrected chi connectivity index (χ2v) is 4.47. The van der Waals surface area contributed by atoms with Crippen LogP contribution >= 0.6 is 0 Å². The van der Waals surface area contributed by atoms with Gasteiger partial charge in [0.2, 0.25) is 6.43 Å². The molecule has 1 aromatic carbocycles. The lowest BCUT2D eigenvalue weighted by Gasteiger charge is -2.04. The van der Waals surface area contributed by atoms with Crippen molar-refractivity contribution < 1.29 is 18.7 Å². The van der Waals surface area contributed by atoms with Gasteiger partial charge in [-0.2, -0.15) is 5.10 Å². The zero-order chi connectivity index (χ0) is 14.7. The topological polar surface area (TPSA) is 55.1 Å². The molecular weight excluding hydrogens is 266 g/mol. The van der Waals surface area contributed by atoms with E-state index in [1.54, 1.807) is 31.3 Å². The normalized spacial score (nSPS) is 11.0. The van der Waals surface area contributed by atoms with Crippen molar-refractivity contribution in [1.82, 2.24) is 9.78 Å². The minimum atomic E-state index is -2.30. The molecule has 2 rings (SSSR count). The van der Waals surface area contributed by atoms with Crippen LogP contribution in [-0.4, -0.2) is 27.3 Å². The Morgan fingerprint density at radius 3 is 2.50 bits per heavy atom. The first-order valence-corrected chi connectivity index (χ1v) is 6.12. The molecule has 0 aliphatic heterocycles. The molecule has 0 amide bonds. The largest absolute Gasteiger partial charge is 0.476 e. The molecule has 0 unspecified atom stereocenters. The van der Waals surface area contributed by atoms with Crippen molar-refractivity contribution in [3.63, 3.8) is 0 Å². The summed E-state index contributed by atoms with van der Waals surface area (Å²) in [5.74, 6) is -1.08. The maximum absolute atomic E-state index is 12.1. The molecule has 0 aliphatic rings. The highest BCUT2D eigenvalue weighted by molar-refractivity contribution is 5.87. The van der Waals surface area contributed by atoms with Gasteiger partial charge >= 0.3 is 5.97 Å². The van der Waals surface area contributed by atoms with E-state index >= 15 is 0 Å². The third-order valence-corrected chi connectivity index (χ3v) is 3.00. The van der Waals surface area contributed by atoms with Crippen molar-refractivity contribution in [2.75, 3.05) is 0 Å². The number of hydrogen-bond acceptors (Lipinski definition) is 2. The van der Waals surface area contributed by atoms with E-state index in [9.17, 15) is 13.6 Å². The standard InChI is InChI=1S/C14H14F2N2O2/c1-18-12(8-11(17-18)14(19)20)10-5-2-9(3-6-10)4-7-13(15)16/h2-3,5-6,8,13H,4,7H2,1H3,(H,19,20). The van der Waals surface area contributed by atoms with Gasteiger partial charge in [0.1, 0.15) is 0 Å². The molecule has 1 aromatic heterocycles. The third kappa shape index (κ3) is 3.20. The summed E-state index contributed by atoms with van der Waals surface area (Å²) >= 11 is 0. The fourth-order valence-corrected chi connectivity index (χ4v) is 1.96. The lowest BCUT2D eigenvalue weighted by atomic mass is 10.1. The summed E-state index contributed by atoms with van der Waals surface area (Å²) in [4.78, 5) is 10.9. The number of alkyl halides is 2. The van der Waals surface area contributed by atoms with Crippen LogP contribution in [0.2, 0.25) is 0 Å². The van der Waals surface area contributed by atoms with Crippen LogP contribution < -0.4 is 0 Å². The number of carboxylic acids is 1. The number of carboxylic acid groups (broad SMARTS) is 1. The van der Waals surface area contributed by atoms with Gasteiger partial charge in [-0.1, -0.05) is 24.3 Å². The Kier molecular flexibility index (Phi) is 4.12. The molecule has 4 nitrogen and oxygen atoms in total. The Balaban J connectivity index is 2.19. The predicted octanol–water partition coefficient (Wildman–Crippen LogP) is 2.98. The highest BCUT2D eigenvalue weighted by atomic mass is 19.3. The van der Waals surface area contributed by atoms with Gasteiger partial charge in [-0.25, -0.2) is 13.6 Å². The van der Waals surface area contributed by atoms with Gasteiger partial charge in [-0.3, -0.25) is 4.68 Å². The summed E-state index contributed by atoms with van der Waals surface area (Å²) in [6.07, 6.45) is -2.14. The first-order valence-electron chi connectivity index (χ1n) is 6.12. The number of aromatic carboxylic acids is 1. The molecule has 0 saturated carbocycles. The van der Waals surface area contributed by atoms with Crippen LogP contribution in [0, 0.1) is 0 Å². The lowest BCUT2D eigenvalue weighted by Crippen LogP contribution is -1.99. The third-order valence-electron chi connectivity index (χ3n) is 3.00. The smallest absolute Gasteiger partial charge is 0.356 e. The van der Waals surface area contributed by atoms with E-state index in [1.807, 2.05) is 0 Å². The number of rotatable bonds is 5. The van der Waals surface area contributed by atoms with Gasteiger partial charge < -0.3 is 5.11 Å². The molecule has 0 saturated heterocycles. The van der Waals surface area contributed by atoms with Crippen LogP contribution in [0.3, 0.4) is 0 Å². The number of carbonyl (C=O) groups is 1. The van der Waals surface area contributed by atoms with Crippen LogP contribution in [0.5, 0.6) is 0 Å². The molecule has 0 radical (unpaired) electrons. The molecule has 2 aromatic rings. The van der Waals surface area contributed by atoms with E-state index in [-0.39, 0.29) is 12.1 Å². The maximum atomic E-state index is 12.1. The van der Waals surface area contributed by atoms with Crippen molar-refractivity contribution in [2.24, 2.45) is 7.05 Å². The summed E-state index contributed by atoms with van der Waals surface area (Å²) < 4.78 is 25.7. The number of aromatic nitrogens is 2. The minimum Gasteiger partial charge on any atom is -0.476 e. The lowest BCUT2D eigenvalue weighted by molar-refractivity contribution is 0.0689. The van der Waals surface area contributed by atoms with E-state index in [2.05, 4.69) is 5.10 Å². The molecule has 20 heavy (non-hydrogen) atoms. The molecule has 0 fully saturated rings.